The first-order valence-electron chi connectivity index (χ1n) is 6.06. The maximum atomic E-state index is 11.3. The molecule has 0 N–H and O–H groups in total. The molecule has 0 amide bonds. The highest BCUT2D eigenvalue weighted by atomic mass is 16.5. The van der Waals surface area contributed by atoms with Crippen LogP contribution in [0.3, 0.4) is 0 Å². The Balaban J connectivity index is 1.88. The zero-order valence-electron chi connectivity index (χ0n) is 9.29. The van der Waals surface area contributed by atoms with Gasteiger partial charge in [-0.15, -0.1) is 0 Å². The van der Waals surface area contributed by atoms with Gasteiger partial charge in [-0.25, -0.2) is 0 Å². The van der Waals surface area contributed by atoms with E-state index < -0.39 is 0 Å². The molecule has 3 aliphatic rings. The average Bonchev–Trinajstić information content (AvgIpc) is 2.52. The van der Waals surface area contributed by atoms with Gasteiger partial charge in [0.2, 0.25) is 0 Å². The van der Waals surface area contributed by atoms with Crippen molar-refractivity contribution in [1.82, 2.24) is 0 Å². The first kappa shape index (κ1) is 9.44. The van der Waals surface area contributed by atoms with Gasteiger partial charge in [0.1, 0.15) is 6.10 Å². The average molecular weight is 206 g/mol. The Labute approximate surface area is 90.7 Å². The number of fused-ring (bicyclic) bond motifs is 2. The minimum atomic E-state index is 0.0212. The van der Waals surface area contributed by atoms with Crippen LogP contribution in [0, 0.1) is 11.3 Å². The maximum absolute atomic E-state index is 11.3. The molecule has 2 nitrogen and oxygen atoms in total. The van der Waals surface area contributed by atoms with Crippen molar-refractivity contribution in [3.05, 3.63) is 11.6 Å². The van der Waals surface area contributed by atoms with E-state index in [9.17, 15) is 4.79 Å². The molecule has 0 aromatic heterocycles. The molecule has 2 heteroatoms. The minimum absolute atomic E-state index is 0.0212. The van der Waals surface area contributed by atoms with E-state index in [2.05, 4.69) is 13.0 Å². The van der Waals surface area contributed by atoms with E-state index in [1.54, 1.807) is 5.57 Å². The summed E-state index contributed by atoms with van der Waals surface area (Å²) in [5, 5.41) is 0. The Hall–Kier alpha value is -0.790. The fraction of sp³-hybridized carbons (Fsp3) is 0.769. The van der Waals surface area contributed by atoms with Crippen LogP contribution in [-0.4, -0.2) is 12.1 Å². The van der Waals surface area contributed by atoms with Gasteiger partial charge in [-0.05, 0) is 31.1 Å². The van der Waals surface area contributed by atoms with Crippen LogP contribution in [-0.2, 0) is 9.53 Å². The predicted molar refractivity (Wildman–Crippen MR) is 57.3 cm³/mol. The normalized spacial score (nSPS) is 44.1. The molecule has 0 aromatic carbocycles. The third-order valence-electron chi connectivity index (χ3n) is 4.47. The van der Waals surface area contributed by atoms with Gasteiger partial charge in [0.25, 0.3) is 0 Å². The summed E-state index contributed by atoms with van der Waals surface area (Å²) in [4.78, 5) is 11.3. The molecule has 15 heavy (non-hydrogen) atoms. The minimum Gasteiger partial charge on any atom is -0.462 e. The van der Waals surface area contributed by atoms with E-state index in [4.69, 9.17) is 4.74 Å². The molecule has 2 aliphatic carbocycles. The fourth-order valence-corrected chi connectivity index (χ4v) is 3.60. The van der Waals surface area contributed by atoms with Crippen LogP contribution >= 0.6 is 0 Å². The van der Waals surface area contributed by atoms with Crippen LogP contribution < -0.4 is 0 Å². The molecule has 1 aliphatic heterocycles. The van der Waals surface area contributed by atoms with Gasteiger partial charge < -0.3 is 4.74 Å². The zero-order chi connectivity index (χ0) is 10.5. The van der Waals surface area contributed by atoms with E-state index in [1.807, 2.05) is 0 Å². The number of carbonyl (C=O) groups is 1. The number of esters is 1. The van der Waals surface area contributed by atoms with Crippen molar-refractivity contribution in [2.75, 3.05) is 0 Å². The van der Waals surface area contributed by atoms with E-state index in [0.717, 1.165) is 12.8 Å². The summed E-state index contributed by atoms with van der Waals surface area (Å²) in [5.41, 5.74) is 1.94. The molecular formula is C13H18O2. The summed E-state index contributed by atoms with van der Waals surface area (Å²) in [7, 11) is 0. The van der Waals surface area contributed by atoms with Crippen molar-refractivity contribution in [2.24, 2.45) is 11.3 Å². The summed E-state index contributed by atoms with van der Waals surface area (Å²) in [6.45, 7) is 2.37. The number of hydrogen-bond acceptors (Lipinski definition) is 2. The predicted octanol–water partition coefficient (Wildman–Crippen LogP) is 2.83. The molecule has 1 heterocycles. The lowest BCUT2D eigenvalue weighted by Gasteiger charge is -2.43. The van der Waals surface area contributed by atoms with E-state index >= 15 is 0 Å². The quantitative estimate of drug-likeness (QED) is 0.450. The second-order valence-corrected chi connectivity index (χ2v) is 5.58. The van der Waals surface area contributed by atoms with Crippen molar-refractivity contribution < 1.29 is 9.53 Å². The molecular weight excluding hydrogens is 188 g/mol. The fourth-order valence-electron chi connectivity index (χ4n) is 3.60. The summed E-state index contributed by atoms with van der Waals surface area (Å²) in [6, 6.07) is 0. The highest BCUT2D eigenvalue weighted by Gasteiger charge is 2.46. The molecule has 3 rings (SSSR count). The topological polar surface area (TPSA) is 26.3 Å². The van der Waals surface area contributed by atoms with Crippen LogP contribution in [0.25, 0.3) is 0 Å². The monoisotopic (exact) mass is 206 g/mol. The summed E-state index contributed by atoms with van der Waals surface area (Å²) < 4.78 is 5.38. The highest BCUT2D eigenvalue weighted by Crippen LogP contribution is 2.52. The Morgan fingerprint density at radius 3 is 3.20 bits per heavy atom. The van der Waals surface area contributed by atoms with Gasteiger partial charge in [-0.1, -0.05) is 18.6 Å². The highest BCUT2D eigenvalue weighted by molar-refractivity contribution is 5.72. The molecule has 0 bridgehead atoms. The molecule has 82 valence electrons. The Bertz CT molecular complexity index is 331. The molecule has 0 unspecified atom stereocenters. The second-order valence-electron chi connectivity index (χ2n) is 5.58. The van der Waals surface area contributed by atoms with E-state index in [0.29, 0.717) is 17.8 Å². The molecule has 2 fully saturated rings. The summed E-state index contributed by atoms with van der Waals surface area (Å²) in [5.74, 6) is 0.519. The third kappa shape index (κ3) is 1.42. The van der Waals surface area contributed by atoms with Gasteiger partial charge in [0.15, 0.2) is 0 Å². The Morgan fingerprint density at radius 1 is 1.47 bits per heavy atom. The van der Waals surface area contributed by atoms with Crippen molar-refractivity contribution in [3.63, 3.8) is 0 Å². The van der Waals surface area contributed by atoms with Crippen LogP contribution in [0.4, 0.5) is 0 Å². The molecule has 1 saturated carbocycles. The number of allylic oxidation sites excluding steroid dienone is 1. The SMILES string of the molecule is C[C@]12CCCC=C1C[C@@H]1OC(=O)C[C@@H]1C2. The molecule has 0 aromatic rings. The molecule has 0 radical (unpaired) electrons. The summed E-state index contributed by atoms with van der Waals surface area (Å²) in [6.07, 6.45) is 9.26. The lowest BCUT2D eigenvalue weighted by molar-refractivity contribution is -0.141. The van der Waals surface area contributed by atoms with E-state index in [1.165, 1.54) is 19.3 Å². The number of hydrogen-bond donors (Lipinski definition) is 0. The van der Waals surface area contributed by atoms with Crippen LogP contribution in [0.15, 0.2) is 11.6 Å². The third-order valence-corrected chi connectivity index (χ3v) is 4.47. The molecule has 3 atom stereocenters. The number of rotatable bonds is 0. The first-order valence-corrected chi connectivity index (χ1v) is 6.06. The van der Waals surface area contributed by atoms with Gasteiger partial charge in [0, 0.05) is 12.3 Å². The van der Waals surface area contributed by atoms with Gasteiger partial charge in [-0.2, -0.15) is 0 Å². The van der Waals surface area contributed by atoms with Gasteiger partial charge in [0.05, 0.1) is 6.42 Å². The Morgan fingerprint density at radius 2 is 2.33 bits per heavy atom. The smallest absolute Gasteiger partial charge is 0.306 e. The molecule has 1 saturated heterocycles. The zero-order valence-corrected chi connectivity index (χ0v) is 9.29. The van der Waals surface area contributed by atoms with Gasteiger partial charge >= 0.3 is 5.97 Å². The van der Waals surface area contributed by atoms with Crippen LogP contribution in [0.5, 0.6) is 0 Å². The van der Waals surface area contributed by atoms with Gasteiger partial charge in [-0.3, -0.25) is 4.79 Å². The van der Waals surface area contributed by atoms with Crippen molar-refractivity contribution in [3.8, 4) is 0 Å². The van der Waals surface area contributed by atoms with Crippen LogP contribution in [0.1, 0.15) is 45.4 Å². The Kier molecular flexibility index (Phi) is 1.95. The standard InChI is InChI=1S/C13H18O2/c1-13-5-3-2-4-10(13)7-11-9(8-13)6-12(14)15-11/h4,9,11H,2-3,5-8H2,1H3/t9-,11+,13-/m1/s1. The van der Waals surface area contributed by atoms with E-state index in [-0.39, 0.29) is 12.1 Å². The molecule has 0 spiro atoms. The largest absolute Gasteiger partial charge is 0.462 e. The van der Waals surface area contributed by atoms with Crippen molar-refractivity contribution >= 4 is 5.97 Å². The summed E-state index contributed by atoms with van der Waals surface area (Å²) >= 11 is 0. The van der Waals surface area contributed by atoms with Crippen molar-refractivity contribution in [2.45, 2.75) is 51.6 Å². The van der Waals surface area contributed by atoms with Crippen molar-refractivity contribution in [1.29, 1.82) is 0 Å². The maximum Gasteiger partial charge on any atom is 0.306 e. The second kappa shape index (κ2) is 3.10. The first-order chi connectivity index (χ1) is 7.17. The lowest BCUT2D eigenvalue weighted by atomic mass is 9.62. The van der Waals surface area contributed by atoms with Crippen LogP contribution in [0.2, 0.25) is 0 Å². The number of ether oxygens (including phenoxy) is 1. The lowest BCUT2D eigenvalue weighted by Crippen LogP contribution is -2.36. The number of carbonyl (C=O) groups excluding carboxylic acids is 1.